The summed E-state index contributed by atoms with van der Waals surface area (Å²) >= 11 is 4.81. The third-order valence-electron chi connectivity index (χ3n) is 6.57. The molecule has 1 aromatic carbocycles. The number of halogens is 3. The smallest absolute Gasteiger partial charge is 0.420 e. The lowest BCUT2D eigenvalue weighted by molar-refractivity contribution is -0.0964. The molecule has 37 heavy (non-hydrogen) atoms. The number of nitrogens with one attached hydrogen (secondary N) is 1. The fourth-order valence-corrected chi connectivity index (χ4v) is 4.86. The summed E-state index contributed by atoms with van der Waals surface area (Å²) in [5.74, 6) is 0.854. The molecule has 0 aliphatic carbocycles. The molecule has 0 bridgehead atoms. The Kier molecular flexibility index (Phi) is 7.30. The zero-order chi connectivity index (χ0) is 26.0. The van der Waals surface area contributed by atoms with Crippen LogP contribution in [0.4, 0.5) is 20.3 Å². The molecule has 5 rings (SSSR count). The van der Waals surface area contributed by atoms with Gasteiger partial charge in [0.25, 0.3) is 5.91 Å². The van der Waals surface area contributed by atoms with Crippen molar-refractivity contribution in [1.29, 1.82) is 0 Å². The summed E-state index contributed by atoms with van der Waals surface area (Å²) in [7, 11) is 0. The van der Waals surface area contributed by atoms with Gasteiger partial charge in [-0.15, -0.1) is 8.78 Å². The Morgan fingerprint density at radius 1 is 1.22 bits per heavy atom. The number of alkyl halides is 3. The molecule has 2 saturated heterocycles. The maximum Gasteiger partial charge on any atom is 0.487 e. The van der Waals surface area contributed by atoms with Crippen molar-refractivity contribution >= 4 is 29.0 Å². The van der Waals surface area contributed by atoms with Gasteiger partial charge < -0.3 is 19.7 Å². The van der Waals surface area contributed by atoms with E-state index < -0.39 is 5.57 Å². The largest absolute Gasteiger partial charge is 0.487 e. The zero-order valence-electron chi connectivity index (χ0n) is 20.4. The number of pyridine rings is 1. The summed E-state index contributed by atoms with van der Waals surface area (Å²) in [6, 6.07) is 9.26. The number of anilines is 2. The standard InChI is InChI=1S/C26H28ClF2N5O3/c1-17-10-12-33(16-17)24-21(22-9-11-31-34(22)23-4-2-3-13-36-23)14-18(15-30-24)25(35)32-19-5-7-20(8-6-19)37-26(27,28)29/h5-9,11,14-15,17,23H,2-4,10,12-13,16H2,1H3,(H,32,35)/t17-,23?/m1/s1. The molecule has 0 radical (unpaired) electrons. The second kappa shape index (κ2) is 10.6. The molecule has 0 saturated carbocycles. The Morgan fingerprint density at radius 3 is 2.70 bits per heavy atom. The van der Waals surface area contributed by atoms with Crippen LogP contribution < -0.4 is 15.0 Å². The lowest BCUT2D eigenvalue weighted by atomic mass is 10.1. The van der Waals surface area contributed by atoms with Crippen LogP contribution in [-0.4, -0.2) is 45.9 Å². The van der Waals surface area contributed by atoms with Gasteiger partial charge in [0.15, 0.2) is 6.23 Å². The molecule has 196 valence electrons. The van der Waals surface area contributed by atoms with Crippen LogP contribution in [0, 0.1) is 5.92 Å². The van der Waals surface area contributed by atoms with E-state index in [1.165, 1.54) is 24.3 Å². The summed E-state index contributed by atoms with van der Waals surface area (Å²) in [6.07, 6.45) is 7.17. The lowest BCUT2D eigenvalue weighted by Gasteiger charge is -2.26. The van der Waals surface area contributed by atoms with Crippen LogP contribution in [0.2, 0.25) is 0 Å². The van der Waals surface area contributed by atoms with Crippen molar-refractivity contribution in [2.45, 2.75) is 44.4 Å². The van der Waals surface area contributed by atoms with Gasteiger partial charge in [-0.05, 0) is 68.0 Å². The van der Waals surface area contributed by atoms with E-state index >= 15 is 0 Å². The quantitative estimate of drug-likeness (QED) is 0.382. The van der Waals surface area contributed by atoms with E-state index in [1.807, 2.05) is 16.8 Å². The first-order chi connectivity index (χ1) is 17.8. The van der Waals surface area contributed by atoms with Crippen LogP contribution >= 0.6 is 11.6 Å². The second-order valence-electron chi connectivity index (χ2n) is 9.44. The van der Waals surface area contributed by atoms with Crippen LogP contribution in [-0.2, 0) is 4.74 Å². The van der Waals surface area contributed by atoms with Crippen molar-refractivity contribution in [3.8, 4) is 17.0 Å². The third kappa shape index (κ3) is 6.02. The van der Waals surface area contributed by atoms with Gasteiger partial charge in [0, 0.05) is 54.9 Å². The number of rotatable bonds is 7. The minimum Gasteiger partial charge on any atom is -0.420 e. The fraction of sp³-hybridized carbons (Fsp3) is 0.423. The highest BCUT2D eigenvalue weighted by Crippen LogP contribution is 2.36. The van der Waals surface area contributed by atoms with Crippen molar-refractivity contribution < 1.29 is 23.0 Å². The Labute approximate surface area is 218 Å². The minimum atomic E-state index is -3.81. The van der Waals surface area contributed by atoms with E-state index in [-0.39, 0.29) is 17.9 Å². The number of amides is 1. The maximum absolute atomic E-state index is 13.1. The molecule has 2 aromatic heterocycles. The van der Waals surface area contributed by atoms with E-state index in [0.29, 0.717) is 23.8 Å². The lowest BCUT2D eigenvalue weighted by Crippen LogP contribution is -2.24. The summed E-state index contributed by atoms with van der Waals surface area (Å²) in [4.78, 5) is 20.1. The highest BCUT2D eigenvalue weighted by atomic mass is 35.5. The molecule has 2 fully saturated rings. The molecule has 2 atom stereocenters. The average Bonchev–Trinajstić information content (AvgIpc) is 3.54. The van der Waals surface area contributed by atoms with E-state index in [1.54, 1.807) is 12.4 Å². The molecule has 1 unspecified atom stereocenters. The van der Waals surface area contributed by atoms with Gasteiger partial charge in [0.05, 0.1) is 11.3 Å². The van der Waals surface area contributed by atoms with Crippen LogP contribution in [0.15, 0.2) is 48.8 Å². The molecule has 11 heteroatoms. The average molecular weight is 532 g/mol. The molecule has 2 aliphatic rings. The first-order valence-electron chi connectivity index (χ1n) is 12.3. The summed E-state index contributed by atoms with van der Waals surface area (Å²) in [5, 5.41) is 7.32. The fourth-order valence-electron chi connectivity index (χ4n) is 4.77. The molecule has 1 amide bonds. The summed E-state index contributed by atoms with van der Waals surface area (Å²) in [6.45, 7) is 4.67. The van der Waals surface area contributed by atoms with E-state index in [2.05, 4.69) is 27.0 Å². The van der Waals surface area contributed by atoms with Gasteiger partial charge in [-0.3, -0.25) is 4.79 Å². The predicted octanol–water partition coefficient (Wildman–Crippen LogP) is 5.91. The third-order valence-corrected chi connectivity index (χ3v) is 6.65. The van der Waals surface area contributed by atoms with Crippen LogP contribution in [0.25, 0.3) is 11.3 Å². The highest BCUT2D eigenvalue weighted by molar-refractivity contribution is 6.20. The Morgan fingerprint density at radius 2 is 2.03 bits per heavy atom. The number of benzene rings is 1. The number of ether oxygens (including phenoxy) is 2. The van der Waals surface area contributed by atoms with Gasteiger partial charge in [-0.25, -0.2) is 9.67 Å². The predicted molar refractivity (Wildman–Crippen MR) is 136 cm³/mol. The zero-order valence-corrected chi connectivity index (χ0v) is 21.1. The SMILES string of the molecule is C[C@@H]1CCN(c2ncc(C(=O)Nc3ccc(OC(F)(F)Cl)cc3)cc2-c2ccnn2C2CCCCO2)C1. The van der Waals surface area contributed by atoms with Crippen LogP contribution in [0.3, 0.4) is 0 Å². The molecule has 1 N–H and O–H groups in total. The molecule has 0 spiro atoms. The maximum atomic E-state index is 13.1. The first kappa shape index (κ1) is 25.4. The number of aromatic nitrogens is 3. The number of nitrogens with zero attached hydrogens (tertiary/aromatic N) is 4. The molecular weight excluding hydrogens is 504 g/mol. The Hall–Kier alpha value is -3.24. The van der Waals surface area contributed by atoms with E-state index in [4.69, 9.17) is 21.3 Å². The molecule has 3 aromatic rings. The van der Waals surface area contributed by atoms with E-state index in [0.717, 1.165) is 55.8 Å². The normalized spacial score (nSPS) is 20.2. The van der Waals surface area contributed by atoms with Gasteiger partial charge in [0.1, 0.15) is 11.6 Å². The van der Waals surface area contributed by atoms with Crippen LogP contribution in [0.5, 0.6) is 5.75 Å². The van der Waals surface area contributed by atoms with Crippen LogP contribution in [0.1, 0.15) is 49.2 Å². The van der Waals surface area contributed by atoms with Gasteiger partial charge in [-0.2, -0.15) is 5.10 Å². The first-order valence-corrected chi connectivity index (χ1v) is 12.7. The highest BCUT2D eigenvalue weighted by Gasteiger charge is 2.28. The summed E-state index contributed by atoms with van der Waals surface area (Å²) < 4.78 is 37.9. The number of carbonyl (C=O) groups excluding carboxylic acids is 1. The topological polar surface area (TPSA) is 81.5 Å². The molecule has 2 aliphatic heterocycles. The second-order valence-corrected chi connectivity index (χ2v) is 9.88. The summed E-state index contributed by atoms with van der Waals surface area (Å²) in [5.41, 5.74) is -1.39. The minimum absolute atomic E-state index is 0.121. The van der Waals surface area contributed by atoms with Gasteiger partial charge in [-0.1, -0.05) is 6.92 Å². The number of carbonyl (C=O) groups is 1. The van der Waals surface area contributed by atoms with Crippen molar-refractivity contribution in [3.05, 3.63) is 54.4 Å². The van der Waals surface area contributed by atoms with Crippen molar-refractivity contribution in [3.63, 3.8) is 0 Å². The van der Waals surface area contributed by atoms with Crippen molar-refractivity contribution in [2.75, 3.05) is 29.9 Å². The number of hydrogen-bond acceptors (Lipinski definition) is 6. The Balaban J connectivity index is 1.43. The molecule has 8 nitrogen and oxygen atoms in total. The van der Waals surface area contributed by atoms with Crippen molar-refractivity contribution in [1.82, 2.24) is 14.8 Å². The molecular formula is C26H28ClF2N5O3. The van der Waals surface area contributed by atoms with Crippen molar-refractivity contribution in [2.24, 2.45) is 5.92 Å². The van der Waals surface area contributed by atoms with Gasteiger partial charge >= 0.3 is 5.57 Å². The molecule has 4 heterocycles. The Bertz CT molecular complexity index is 1240. The number of hydrogen-bond donors (Lipinski definition) is 1. The van der Waals surface area contributed by atoms with Gasteiger partial charge in [0.2, 0.25) is 0 Å². The monoisotopic (exact) mass is 531 g/mol. The van der Waals surface area contributed by atoms with E-state index in [9.17, 15) is 13.6 Å².